The first kappa shape index (κ1) is 15.9. The number of para-hydroxylation sites is 1. The van der Waals surface area contributed by atoms with E-state index in [9.17, 15) is 9.18 Å². The third kappa shape index (κ3) is 3.44. The Morgan fingerprint density at radius 3 is 2.77 bits per heavy atom. The quantitative estimate of drug-likeness (QED) is 0.600. The molecule has 4 rings (SSSR count). The highest BCUT2D eigenvalue weighted by molar-refractivity contribution is 5.91. The second-order valence-electron chi connectivity index (χ2n) is 5.84. The number of benzene rings is 2. The Bertz CT molecular complexity index is 1050. The highest BCUT2D eigenvalue weighted by atomic mass is 19.1. The normalized spacial score (nSPS) is 11.0. The maximum atomic E-state index is 12.9. The average Bonchev–Trinajstić information content (AvgIpc) is 3.24. The van der Waals surface area contributed by atoms with Crippen LogP contribution in [0.2, 0.25) is 0 Å². The van der Waals surface area contributed by atoms with E-state index >= 15 is 0 Å². The topological polar surface area (TPSA) is 77.6 Å². The standard InChI is InChI=1S/C18H15FN6O/c19-14-7-5-13(6-8-14)10-24-11-15(9-20-24)21-18(26)12-25-17-4-2-1-3-16(17)22-23-25/h1-9,11H,10,12H2,(H,21,26). The van der Waals surface area contributed by atoms with E-state index < -0.39 is 0 Å². The van der Waals surface area contributed by atoms with E-state index in [0.717, 1.165) is 16.6 Å². The molecule has 0 fully saturated rings. The van der Waals surface area contributed by atoms with Crippen LogP contribution >= 0.6 is 0 Å². The van der Waals surface area contributed by atoms with Crippen LogP contribution < -0.4 is 5.32 Å². The van der Waals surface area contributed by atoms with Crippen LogP contribution in [0, 0.1) is 5.82 Å². The number of aromatic nitrogens is 5. The van der Waals surface area contributed by atoms with Crippen molar-refractivity contribution in [3.8, 4) is 0 Å². The fraction of sp³-hybridized carbons (Fsp3) is 0.111. The van der Waals surface area contributed by atoms with Crippen LogP contribution in [0.3, 0.4) is 0 Å². The molecule has 0 saturated heterocycles. The Kier molecular flexibility index (Phi) is 4.14. The molecule has 0 aliphatic rings. The summed E-state index contributed by atoms with van der Waals surface area (Å²) in [5.41, 5.74) is 3.05. The summed E-state index contributed by atoms with van der Waals surface area (Å²) < 4.78 is 16.2. The molecule has 0 atom stereocenters. The van der Waals surface area contributed by atoms with Crippen LogP contribution in [0.5, 0.6) is 0 Å². The van der Waals surface area contributed by atoms with Gasteiger partial charge in [0.1, 0.15) is 17.9 Å². The first-order valence-corrected chi connectivity index (χ1v) is 8.02. The van der Waals surface area contributed by atoms with Crippen molar-refractivity contribution >= 4 is 22.6 Å². The molecule has 0 bridgehead atoms. The summed E-state index contributed by atoms with van der Waals surface area (Å²) in [5, 5.41) is 15.0. The minimum atomic E-state index is -0.275. The molecule has 0 aliphatic heterocycles. The number of fused-ring (bicyclic) bond motifs is 1. The van der Waals surface area contributed by atoms with Gasteiger partial charge in [0.25, 0.3) is 0 Å². The number of hydrogen-bond donors (Lipinski definition) is 1. The average molecular weight is 350 g/mol. The second-order valence-corrected chi connectivity index (χ2v) is 5.84. The Morgan fingerprint density at radius 2 is 1.92 bits per heavy atom. The van der Waals surface area contributed by atoms with Crippen molar-refractivity contribution in [1.29, 1.82) is 0 Å². The summed E-state index contributed by atoms with van der Waals surface area (Å²) in [6, 6.07) is 13.7. The minimum absolute atomic E-state index is 0.0592. The molecule has 26 heavy (non-hydrogen) atoms. The number of hydrogen-bond acceptors (Lipinski definition) is 4. The van der Waals surface area contributed by atoms with Crippen LogP contribution in [0.15, 0.2) is 60.9 Å². The maximum Gasteiger partial charge on any atom is 0.246 e. The van der Waals surface area contributed by atoms with Gasteiger partial charge in [-0.05, 0) is 29.8 Å². The number of anilines is 1. The van der Waals surface area contributed by atoms with E-state index in [-0.39, 0.29) is 18.3 Å². The predicted molar refractivity (Wildman–Crippen MR) is 93.9 cm³/mol. The van der Waals surface area contributed by atoms with Gasteiger partial charge in [-0.1, -0.05) is 29.5 Å². The minimum Gasteiger partial charge on any atom is -0.322 e. The summed E-state index contributed by atoms with van der Waals surface area (Å²) in [7, 11) is 0. The molecule has 0 saturated carbocycles. The molecule has 1 amide bonds. The monoisotopic (exact) mass is 350 g/mol. The van der Waals surface area contributed by atoms with Gasteiger partial charge in [0.2, 0.25) is 5.91 Å². The maximum absolute atomic E-state index is 12.9. The lowest BCUT2D eigenvalue weighted by molar-refractivity contribution is -0.116. The van der Waals surface area contributed by atoms with Gasteiger partial charge in [0.15, 0.2) is 0 Å². The number of halogens is 1. The van der Waals surface area contributed by atoms with E-state index in [0.29, 0.717) is 12.2 Å². The molecule has 1 N–H and O–H groups in total. The number of nitrogens with zero attached hydrogens (tertiary/aromatic N) is 5. The van der Waals surface area contributed by atoms with Gasteiger partial charge >= 0.3 is 0 Å². The summed E-state index contributed by atoms with van der Waals surface area (Å²) >= 11 is 0. The largest absolute Gasteiger partial charge is 0.322 e. The van der Waals surface area contributed by atoms with Crippen molar-refractivity contribution in [3.63, 3.8) is 0 Å². The van der Waals surface area contributed by atoms with Crippen LogP contribution in [0.25, 0.3) is 11.0 Å². The number of rotatable bonds is 5. The van der Waals surface area contributed by atoms with Gasteiger partial charge < -0.3 is 5.32 Å². The first-order valence-electron chi connectivity index (χ1n) is 8.02. The smallest absolute Gasteiger partial charge is 0.246 e. The lowest BCUT2D eigenvalue weighted by atomic mass is 10.2. The number of nitrogens with one attached hydrogen (secondary N) is 1. The number of amides is 1. The van der Waals surface area contributed by atoms with E-state index in [1.165, 1.54) is 12.1 Å². The Labute approximate surface area is 148 Å². The van der Waals surface area contributed by atoms with Crippen molar-refractivity contribution < 1.29 is 9.18 Å². The number of carbonyl (C=O) groups excluding carboxylic acids is 1. The first-order chi connectivity index (χ1) is 12.7. The van der Waals surface area contributed by atoms with Crippen molar-refractivity contribution in [2.24, 2.45) is 0 Å². The third-order valence-electron chi connectivity index (χ3n) is 3.89. The van der Waals surface area contributed by atoms with E-state index in [4.69, 9.17) is 0 Å². The highest BCUT2D eigenvalue weighted by Crippen LogP contribution is 2.11. The Balaban J connectivity index is 1.40. The van der Waals surface area contributed by atoms with Gasteiger partial charge in [0.05, 0.1) is 23.9 Å². The zero-order chi connectivity index (χ0) is 17.9. The summed E-state index contributed by atoms with van der Waals surface area (Å²) in [6.07, 6.45) is 3.29. The van der Waals surface area contributed by atoms with Crippen molar-refractivity contribution in [1.82, 2.24) is 24.8 Å². The van der Waals surface area contributed by atoms with Gasteiger partial charge in [0, 0.05) is 6.20 Å². The van der Waals surface area contributed by atoms with Crippen molar-refractivity contribution in [2.45, 2.75) is 13.1 Å². The lowest BCUT2D eigenvalue weighted by Gasteiger charge is -2.03. The van der Waals surface area contributed by atoms with Gasteiger partial charge in [-0.15, -0.1) is 5.10 Å². The van der Waals surface area contributed by atoms with Crippen LogP contribution in [0.4, 0.5) is 10.1 Å². The van der Waals surface area contributed by atoms with E-state index in [1.54, 1.807) is 33.9 Å². The van der Waals surface area contributed by atoms with Gasteiger partial charge in [-0.3, -0.25) is 9.48 Å². The molecule has 0 spiro atoms. The van der Waals surface area contributed by atoms with E-state index in [1.807, 2.05) is 24.3 Å². The van der Waals surface area contributed by atoms with Crippen molar-refractivity contribution in [3.05, 3.63) is 72.3 Å². The van der Waals surface area contributed by atoms with Gasteiger partial charge in [-0.2, -0.15) is 5.10 Å². The van der Waals surface area contributed by atoms with Crippen LogP contribution in [-0.4, -0.2) is 30.7 Å². The molecular formula is C18H15FN6O. The predicted octanol–water partition coefficient (Wildman–Crippen LogP) is 2.45. The van der Waals surface area contributed by atoms with Crippen LogP contribution in [0.1, 0.15) is 5.56 Å². The van der Waals surface area contributed by atoms with Crippen molar-refractivity contribution in [2.75, 3.05) is 5.32 Å². The SMILES string of the molecule is O=C(Cn1nnc2ccccc21)Nc1cnn(Cc2ccc(F)cc2)c1. The molecule has 4 aromatic rings. The molecule has 2 aromatic carbocycles. The molecule has 0 radical (unpaired) electrons. The van der Waals surface area contributed by atoms with Gasteiger partial charge in [-0.25, -0.2) is 9.07 Å². The van der Waals surface area contributed by atoms with Crippen LogP contribution in [-0.2, 0) is 17.9 Å². The molecule has 8 heteroatoms. The molecule has 2 heterocycles. The molecule has 0 unspecified atom stereocenters. The zero-order valence-electron chi connectivity index (χ0n) is 13.7. The zero-order valence-corrected chi connectivity index (χ0v) is 13.7. The fourth-order valence-electron chi connectivity index (χ4n) is 2.66. The molecule has 2 aromatic heterocycles. The number of carbonyl (C=O) groups is 1. The third-order valence-corrected chi connectivity index (χ3v) is 3.89. The summed E-state index contributed by atoms with van der Waals surface area (Å²) in [6.45, 7) is 0.549. The molecule has 7 nitrogen and oxygen atoms in total. The molecule has 130 valence electrons. The highest BCUT2D eigenvalue weighted by Gasteiger charge is 2.10. The molecular weight excluding hydrogens is 335 g/mol. The fourth-order valence-corrected chi connectivity index (χ4v) is 2.66. The van der Waals surface area contributed by atoms with E-state index in [2.05, 4.69) is 20.7 Å². The summed E-state index contributed by atoms with van der Waals surface area (Å²) in [4.78, 5) is 12.3. The Hall–Kier alpha value is -3.55. The second kappa shape index (κ2) is 6.75. The Morgan fingerprint density at radius 1 is 1.12 bits per heavy atom. The molecule has 0 aliphatic carbocycles. The lowest BCUT2D eigenvalue weighted by Crippen LogP contribution is -2.19. The summed E-state index contributed by atoms with van der Waals surface area (Å²) in [5.74, 6) is -0.496.